The molecule has 0 spiro atoms. The summed E-state index contributed by atoms with van der Waals surface area (Å²) in [7, 11) is 0. The highest BCUT2D eigenvalue weighted by molar-refractivity contribution is 6.32. The van der Waals surface area contributed by atoms with E-state index in [1.165, 1.54) is 12.2 Å². The third-order valence-electron chi connectivity index (χ3n) is 1.89. The first-order valence-corrected chi connectivity index (χ1v) is 5.15. The zero-order valence-corrected chi connectivity index (χ0v) is 9.53. The van der Waals surface area contributed by atoms with Gasteiger partial charge in [-0.05, 0) is 19.1 Å². The SMILES string of the molecule is CCOC(=O)C=Cc1c(Cl)cccc1C=O. The monoisotopic (exact) mass is 238 g/mol. The van der Waals surface area contributed by atoms with Crippen LogP contribution in [0.1, 0.15) is 22.8 Å². The number of hydrogen-bond donors (Lipinski definition) is 0. The number of carbonyl (C=O) groups excluding carboxylic acids is 2. The average Bonchev–Trinajstić information content (AvgIpc) is 2.27. The summed E-state index contributed by atoms with van der Waals surface area (Å²) >= 11 is 5.91. The Morgan fingerprint density at radius 2 is 2.25 bits per heavy atom. The van der Waals surface area contributed by atoms with Crippen LogP contribution in [0, 0.1) is 0 Å². The van der Waals surface area contributed by atoms with Gasteiger partial charge in [0.05, 0.1) is 6.61 Å². The van der Waals surface area contributed by atoms with Crippen LogP contribution in [0.2, 0.25) is 5.02 Å². The average molecular weight is 239 g/mol. The van der Waals surface area contributed by atoms with Gasteiger partial charge in [0.1, 0.15) is 0 Å². The second-order valence-electron chi connectivity index (χ2n) is 2.95. The van der Waals surface area contributed by atoms with Crippen molar-refractivity contribution in [3.05, 3.63) is 40.4 Å². The summed E-state index contributed by atoms with van der Waals surface area (Å²) in [5, 5.41) is 0.421. The van der Waals surface area contributed by atoms with E-state index in [1.54, 1.807) is 25.1 Å². The Kier molecular flexibility index (Phi) is 4.73. The van der Waals surface area contributed by atoms with Crippen molar-refractivity contribution in [3.63, 3.8) is 0 Å². The van der Waals surface area contributed by atoms with Crippen molar-refractivity contribution in [2.75, 3.05) is 6.61 Å². The van der Waals surface area contributed by atoms with Crippen molar-refractivity contribution >= 4 is 29.9 Å². The lowest BCUT2D eigenvalue weighted by Crippen LogP contribution is -1.99. The molecule has 0 heterocycles. The van der Waals surface area contributed by atoms with E-state index in [4.69, 9.17) is 16.3 Å². The summed E-state index contributed by atoms with van der Waals surface area (Å²) in [6.45, 7) is 2.03. The van der Waals surface area contributed by atoms with Crippen molar-refractivity contribution < 1.29 is 14.3 Å². The standard InChI is InChI=1S/C12H11ClO3/c1-2-16-12(15)7-6-10-9(8-14)4-3-5-11(10)13/h3-8H,2H2,1H3. The van der Waals surface area contributed by atoms with Gasteiger partial charge in [-0.2, -0.15) is 0 Å². The molecular formula is C12H11ClO3. The normalized spacial score (nSPS) is 10.4. The zero-order chi connectivity index (χ0) is 12.0. The molecule has 1 rings (SSSR count). The molecule has 0 bridgehead atoms. The number of benzene rings is 1. The molecule has 0 amide bonds. The molecule has 3 nitrogen and oxygen atoms in total. The van der Waals surface area contributed by atoms with Crippen LogP contribution >= 0.6 is 11.6 Å². The van der Waals surface area contributed by atoms with Gasteiger partial charge in [-0.3, -0.25) is 4.79 Å². The fourth-order valence-corrected chi connectivity index (χ4v) is 1.42. The quantitative estimate of drug-likeness (QED) is 0.460. The van der Waals surface area contributed by atoms with E-state index in [2.05, 4.69) is 0 Å². The molecule has 0 fully saturated rings. The molecular weight excluding hydrogens is 228 g/mol. The Morgan fingerprint density at radius 3 is 2.88 bits per heavy atom. The molecule has 0 N–H and O–H groups in total. The molecule has 0 radical (unpaired) electrons. The topological polar surface area (TPSA) is 43.4 Å². The Morgan fingerprint density at radius 1 is 1.50 bits per heavy atom. The summed E-state index contributed by atoms with van der Waals surface area (Å²) in [5.74, 6) is -0.459. The Labute approximate surface area is 98.7 Å². The van der Waals surface area contributed by atoms with Gasteiger partial charge in [-0.15, -0.1) is 0 Å². The number of ether oxygens (including phenoxy) is 1. The molecule has 1 aromatic carbocycles. The summed E-state index contributed by atoms with van der Waals surface area (Å²) in [6.07, 6.45) is 3.42. The largest absolute Gasteiger partial charge is 0.463 e. The zero-order valence-electron chi connectivity index (χ0n) is 8.77. The van der Waals surface area contributed by atoms with E-state index in [9.17, 15) is 9.59 Å². The molecule has 0 saturated carbocycles. The highest BCUT2D eigenvalue weighted by Crippen LogP contribution is 2.20. The van der Waals surface area contributed by atoms with E-state index >= 15 is 0 Å². The first-order chi connectivity index (χ1) is 7.69. The van der Waals surface area contributed by atoms with E-state index in [1.807, 2.05) is 0 Å². The van der Waals surface area contributed by atoms with Gasteiger partial charge < -0.3 is 4.74 Å². The smallest absolute Gasteiger partial charge is 0.330 e. The lowest BCUT2D eigenvalue weighted by molar-refractivity contribution is -0.137. The third-order valence-corrected chi connectivity index (χ3v) is 2.22. The molecule has 0 unspecified atom stereocenters. The van der Waals surface area contributed by atoms with Crippen LogP contribution in [0.25, 0.3) is 6.08 Å². The minimum absolute atomic E-state index is 0.312. The maximum absolute atomic E-state index is 11.1. The Hall–Kier alpha value is -1.61. The first kappa shape index (κ1) is 12.5. The summed E-state index contributed by atoms with van der Waals surface area (Å²) in [6, 6.07) is 4.96. The lowest BCUT2D eigenvalue weighted by Gasteiger charge is -2.01. The van der Waals surface area contributed by atoms with Crippen LogP contribution in [-0.4, -0.2) is 18.9 Å². The number of rotatable bonds is 4. The van der Waals surface area contributed by atoms with Crippen molar-refractivity contribution in [1.29, 1.82) is 0 Å². The van der Waals surface area contributed by atoms with E-state index in [0.29, 0.717) is 29.0 Å². The summed E-state index contributed by atoms with van der Waals surface area (Å²) in [4.78, 5) is 21.8. The number of halogens is 1. The van der Waals surface area contributed by atoms with Crippen LogP contribution in [0.5, 0.6) is 0 Å². The van der Waals surface area contributed by atoms with E-state index in [-0.39, 0.29) is 0 Å². The Balaban J connectivity index is 2.95. The minimum Gasteiger partial charge on any atom is -0.463 e. The van der Waals surface area contributed by atoms with Crippen LogP contribution in [0.4, 0.5) is 0 Å². The molecule has 0 atom stereocenters. The van der Waals surface area contributed by atoms with Gasteiger partial charge in [0.25, 0.3) is 0 Å². The molecule has 0 aliphatic heterocycles. The van der Waals surface area contributed by atoms with Gasteiger partial charge in [0.2, 0.25) is 0 Å². The second kappa shape index (κ2) is 6.08. The number of hydrogen-bond acceptors (Lipinski definition) is 3. The molecule has 0 saturated heterocycles. The van der Waals surface area contributed by atoms with Gasteiger partial charge in [0.15, 0.2) is 6.29 Å². The second-order valence-corrected chi connectivity index (χ2v) is 3.35. The minimum atomic E-state index is -0.459. The lowest BCUT2D eigenvalue weighted by atomic mass is 10.1. The molecule has 84 valence electrons. The van der Waals surface area contributed by atoms with Crippen LogP contribution in [-0.2, 0) is 9.53 Å². The number of esters is 1. The van der Waals surface area contributed by atoms with Gasteiger partial charge in [0, 0.05) is 22.2 Å². The molecule has 1 aromatic rings. The molecule has 0 aromatic heterocycles. The van der Waals surface area contributed by atoms with Crippen molar-refractivity contribution in [2.24, 2.45) is 0 Å². The highest BCUT2D eigenvalue weighted by Gasteiger charge is 2.03. The Bertz CT molecular complexity index is 424. The predicted octanol–water partition coefficient (Wildman–Crippen LogP) is 2.73. The highest BCUT2D eigenvalue weighted by atomic mass is 35.5. The van der Waals surface area contributed by atoms with Crippen LogP contribution in [0.3, 0.4) is 0 Å². The van der Waals surface area contributed by atoms with E-state index in [0.717, 1.165) is 0 Å². The number of carbonyl (C=O) groups is 2. The maximum Gasteiger partial charge on any atom is 0.330 e. The van der Waals surface area contributed by atoms with Gasteiger partial charge in [-0.1, -0.05) is 23.7 Å². The molecule has 16 heavy (non-hydrogen) atoms. The van der Waals surface area contributed by atoms with Gasteiger partial charge >= 0.3 is 5.97 Å². The number of aldehydes is 1. The summed E-state index contributed by atoms with van der Waals surface area (Å²) < 4.78 is 4.72. The molecule has 0 aliphatic carbocycles. The van der Waals surface area contributed by atoms with Gasteiger partial charge in [-0.25, -0.2) is 4.79 Å². The van der Waals surface area contributed by atoms with Crippen molar-refractivity contribution in [1.82, 2.24) is 0 Å². The fourth-order valence-electron chi connectivity index (χ4n) is 1.17. The summed E-state index contributed by atoms with van der Waals surface area (Å²) in [5.41, 5.74) is 0.959. The van der Waals surface area contributed by atoms with Crippen LogP contribution in [0.15, 0.2) is 24.3 Å². The third kappa shape index (κ3) is 3.21. The molecule has 4 heteroatoms. The van der Waals surface area contributed by atoms with E-state index < -0.39 is 5.97 Å². The first-order valence-electron chi connectivity index (χ1n) is 4.77. The fraction of sp³-hybridized carbons (Fsp3) is 0.167. The predicted molar refractivity (Wildman–Crippen MR) is 62.5 cm³/mol. The molecule has 0 aliphatic rings. The maximum atomic E-state index is 11.1. The van der Waals surface area contributed by atoms with Crippen molar-refractivity contribution in [2.45, 2.75) is 6.92 Å². The van der Waals surface area contributed by atoms with Crippen molar-refractivity contribution in [3.8, 4) is 0 Å². The van der Waals surface area contributed by atoms with Crippen LogP contribution < -0.4 is 0 Å².